The maximum Gasteiger partial charge on any atom is 0.241 e. The molecule has 1 atom stereocenters. The Balaban J connectivity index is 1.73. The molecular weight excluding hydrogens is 292 g/mol. The SMILES string of the molecule is Cc1ccc(C(N)C(=O)NCCC(=O)N2CCN(C)CC2)cc1. The van der Waals surface area contributed by atoms with Crippen LogP contribution in [0, 0.1) is 6.92 Å². The summed E-state index contributed by atoms with van der Waals surface area (Å²) in [6.45, 7) is 5.62. The van der Waals surface area contributed by atoms with Gasteiger partial charge in [0.15, 0.2) is 0 Å². The molecule has 0 radical (unpaired) electrons. The van der Waals surface area contributed by atoms with Crippen molar-refractivity contribution in [3.05, 3.63) is 35.4 Å². The van der Waals surface area contributed by atoms with Crippen LogP contribution in [-0.4, -0.2) is 61.4 Å². The highest BCUT2D eigenvalue weighted by Crippen LogP contribution is 2.11. The smallest absolute Gasteiger partial charge is 0.241 e. The second-order valence-corrected chi connectivity index (χ2v) is 6.11. The van der Waals surface area contributed by atoms with Crippen molar-refractivity contribution in [2.24, 2.45) is 5.73 Å². The minimum absolute atomic E-state index is 0.0855. The summed E-state index contributed by atoms with van der Waals surface area (Å²) in [4.78, 5) is 28.2. The molecule has 2 rings (SSSR count). The van der Waals surface area contributed by atoms with Gasteiger partial charge in [-0.1, -0.05) is 29.8 Å². The molecular formula is C17H26N4O2. The highest BCUT2D eigenvalue weighted by atomic mass is 16.2. The van der Waals surface area contributed by atoms with Crippen molar-refractivity contribution in [2.45, 2.75) is 19.4 Å². The molecule has 3 N–H and O–H groups in total. The van der Waals surface area contributed by atoms with E-state index in [-0.39, 0.29) is 11.8 Å². The summed E-state index contributed by atoms with van der Waals surface area (Å²) in [6.07, 6.45) is 0.316. The molecule has 1 unspecified atom stereocenters. The van der Waals surface area contributed by atoms with Gasteiger partial charge in [0, 0.05) is 39.1 Å². The van der Waals surface area contributed by atoms with E-state index in [0.717, 1.165) is 37.3 Å². The third-order valence-corrected chi connectivity index (χ3v) is 4.21. The van der Waals surface area contributed by atoms with Crippen LogP contribution in [0.4, 0.5) is 0 Å². The number of rotatable bonds is 5. The summed E-state index contributed by atoms with van der Waals surface area (Å²) < 4.78 is 0. The number of nitrogens with two attached hydrogens (primary N) is 1. The van der Waals surface area contributed by atoms with Crippen LogP contribution in [-0.2, 0) is 9.59 Å². The second-order valence-electron chi connectivity index (χ2n) is 6.11. The first-order valence-electron chi connectivity index (χ1n) is 8.03. The van der Waals surface area contributed by atoms with Crippen LogP contribution in [0.2, 0.25) is 0 Å². The standard InChI is InChI=1S/C17H26N4O2/c1-13-3-5-14(6-4-13)16(18)17(23)19-8-7-15(22)21-11-9-20(2)10-12-21/h3-6,16H,7-12,18H2,1-2H3,(H,19,23). The number of benzene rings is 1. The maximum absolute atomic E-state index is 12.1. The number of nitrogens with one attached hydrogen (secondary N) is 1. The number of carbonyl (C=O) groups excluding carboxylic acids is 2. The lowest BCUT2D eigenvalue weighted by molar-refractivity contribution is -0.132. The predicted molar refractivity (Wildman–Crippen MR) is 89.8 cm³/mol. The Morgan fingerprint density at radius 1 is 1.17 bits per heavy atom. The van der Waals surface area contributed by atoms with Crippen molar-refractivity contribution in [3.63, 3.8) is 0 Å². The number of carbonyl (C=O) groups is 2. The van der Waals surface area contributed by atoms with Crippen LogP contribution in [0.3, 0.4) is 0 Å². The van der Waals surface area contributed by atoms with Crippen molar-refractivity contribution in [1.29, 1.82) is 0 Å². The van der Waals surface area contributed by atoms with Crippen molar-refractivity contribution in [2.75, 3.05) is 39.8 Å². The number of aryl methyl sites for hydroxylation is 1. The largest absolute Gasteiger partial charge is 0.354 e. The minimum Gasteiger partial charge on any atom is -0.354 e. The zero-order valence-corrected chi connectivity index (χ0v) is 13.9. The van der Waals surface area contributed by atoms with E-state index in [0.29, 0.717) is 13.0 Å². The number of hydrogen-bond acceptors (Lipinski definition) is 4. The molecule has 0 aromatic heterocycles. The molecule has 126 valence electrons. The molecule has 6 nitrogen and oxygen atoms in total. The molecule has 1 aliphatic rings. The third kappa shape index (κ3) is 5.04. The van der Waals surface area contributed by atoms with Gasteiger partial charge in [-0.25, -0.2) is 0 Å². The van der Waals surface area contributed by atoms with Gasteiger partial charge in [0.05, 0.1) is 0 Å². The van der Waals surface area contributed by atoms with Gasteiger partial charge in [-0.05, 0) is 19.5 Å². The summed E-state index contributed by atoms with van der Waals surface area (Å²) in [5.74, 6) is -0.165. The lowest BCUT2D eigenvalue weighted by Gasteiger charge is -2.32. The Kier molecular flexibility index (Phi) is 6.12. The molecule has 0 saturated carbocycles. The minimum atomic E-state index is -0.700. The van der Waals surface area contributed by atoms with Crippen molar-refractivity contribution >= 4 is 11.8 Å². The Labute approximate surface area is 137 Å². The summed E-state index contributed by atoms with van der Waals surface area (Å²) in [5, 5.41) is 2.75. The van der Waals surface area contributed by atoms with Gasteiger partial charge in [-0.3, -0.25) is 9.59 Å². The number of nitrogens with zero attached hydrogens (tertiary/aromatic N) is 2. The highest BCUT2D eigenvalue weighted by molar-refractivity contribution is 5.83. The quantitative estimate of drug-likeness (QED) is 0.817. The summed E-state index contributed by atoms with van der Waals surface area (Å²) in [6, 6.07) is 6.87. The van der Waals surface area contributed by atoms with E-state index in [4.69, 9.17) is 5.73 Å². The number of likely N-dealkylation sites (N-methyl/N-ethyl adjacent to an activating group) is 1. The number of amides is 2. The first-order chi connectivity index (χ1) is 11.0. The van der Waals surface area contributed by atoms with Gasteiger partial charge in [0.25, 0.3) is 0 Å². The zero-order valence-electron chi connectivity index (χ0n) is 13.9. The molecule has 1 aliphatic heterocycles. The van der Waals surface area contributed by atoms with Gasteiger partial charge in [-0.2, -0.15) is 0 Å². The van der Waals surface area contributed by atoms with Crippen molar-refractivity contribution < 1.29 is 9.59 Å². The summed E-state index contributed by atoms with van der Waals surface area (Å²) >= 11 is 0. The lowest BCUT2D eigenvalue weighted by atomic mass is 10.1. The van der Waals surface area contributed by atoms with Crippen LogP contribution in [0.5, 0.6) is 0 Å². The van der Waals surface area contributed by atoms with E-state index in [1.54, 1.807) is 0 Å². The fraction of sp³-hybridized carbons (Fsp3) is 0.529. The van der Waals surface area contributed by atoms with Crippen LogP contribution in [0.25, 0.3) is 0 Å². The number of hydrogen-bond donors (Lipinski definition) is 2. The maximum atomic E-state index is 12.1. The first-order valence-corrected chi connectivity index (χ1v) is 8.03. The molecule has 0 aliphatic carbocycles. The third-order valence-electron chi connectivity index (χ3n) is 4.21. The van der Waals surface area contributed by atoms with E-state index in [9.17, 15) is 9.59 Å². The molecule has 1 saturated heterocycles. The van der Waals surface area contributed by atoms with Gasteiger partial charge in [0.1, 0.15) is 6.04 Å². The Hall–Kier alpha value is -1.92. The topological polar surface area (TPSA) is 78.7 Å². The van der Waals surface area contributed by atoms with E-state index in [2.05, 4.69) is 17.3 Å². The first kappa shape index (κ1) is 17.4. The van der Waals surface area contributed by atoms with Crippen LogP contribution in [0.1, 0.15) is 23.6 Å². The van der Waals surface area contributed by atoms with Crippen molar-refractivity contribution in [1.82, 2.24) is 15.1 Å². The molecule has 1 aromatic rings. The fourth-order valence-corrected chi connectivity index (χ4v) is 2.54. The molecule has 0 spiro atoms. The average molecular weight is 318 g/mol. The summed E-state index contributed by atoms with van der Waals surface area (Å²) in [7, 11) is 2.05. The van der Waals surface area contributed by atoms with E-state index in [1.807, 2.05) is 36.1 Å². The van der Waals surface area contributed by atoms with E-state index < -0.39 is 6.04 Å². The van der Waals surface area contributed by atoms with E-state index >= 15 is 0 Å². The van der Waals surface area contributed by atoms with Crippen LogP contribution in [0.15, 0.2) is 24.3 Å². The van der Waals surface area contributed by atoms with Gasteiger partial charge in [-0.15, -0.1) is 0 Å². The summed E-state index contributed by atoms with van der Waals surface area (Å²) in [5.41, 5.74) is 7.85. The van der Waals surface area contributed by atoms with Gasteiger partial charge >= 0.3 is 0 Å². The molecule has 1 fully saturated rings. The molecule has 0 bridgehead atoms. The predicted octanol–water partition coefficient (Wildman–Crippen LogP) is 0.275. The van der Waals surface area contributed by atoms with Gasteiger partial charge < -0.3 is 20.9 Å². The molecule has 2 amide bonds. The zero-order chi connectivity index (χ0) is 16.8. The Morgan fingerprint density at radius 2 is 1.78 bits per heavy atom. The average Bonchev–Trinajstić information content (AvgIpc) is 2.55. The molecule has 1 aromatic carbocycles. The van der Waals surface area contributed by atoms with Crippen LogP contribution < -0.4 is 11.1 Å². The monoisotopic (exact) mass is 318 g/mol. The highest BCUT2D eigenvalue weighted by Gasteiger charge is 2.20. The number of piperazine rings is 1. The Bertz CT molecular complexity index is 536. The lowest BCUT2D eigenvalue weighted by Crippen LogP contribution is -2.47. The molecule has 6 heteroatoms. The van der Waals surface area contributed by atoms with Crippen molar-refractivity contribution in [3.8, 4) is 0 Å². The fourth-order valence-electron chi connectivity index (χ4n) is 2.54. The Morgan fingerprint density at radius 3 is 2.39 bits per heavy atom. The molecule has 23 heavy (non-hydrogen) atoms. The van der Waals surface area contributed by atoms with Gasteiger partial charge in [0.2, 0.25) is 11.8 Å². The van der Waals surface area contributed by atoms with Crippen LogP contribution >= 0.6 is 0 Å². The van der Waals surface area contributed by atoms with E-state index in [1.165, 1.54) is 0 Å². The second kappa shape index (κ2) is 8.08. The molecule has 1 heterocycles. The normalized spacial score (nSPS) is 16.9.